The lowest BCUT2D eigenvalue weighted by atomic mass is 9.93. The molecule has 0 atom stereocenters. The van der Waals surface area contributed by atoms with E-state index in [0.29, 0.717) is 16.4 Å². The Morgan fingerprint density at radius 3 is 2.46 bits per heavy atom. The molecular weight excluding hydrogens is 500 g/mol. The summed E-state index contributed by atoms with van der Waals surface area (Å²) in [6.45, 7) is 6.35. The van der Waals surface area contributed by atoms with Crippen molar-refractivity contribution >= 4 is 41.0 Å². The molecule has 0 bridgehead atoms. The van der Waals surface area contributed by atoms with Crippen LogP contribution in [0.25, 0.3) is 23.3 Å². The molecule has 37 heavy (non-hydrogen) atoms. The average Bonchev–Trinajstić information content (AvgIpc) is 3.28. The van der Waals surface area contributed by atoms with Gasteiger partial charge in [-0.15, -0.1) is 11.3 Å². The number of amides is 1. The van der Waals surface area contributed by atoms with Gasteiger partial charge >= 0.3 is 0 Å². The highest BCUT2D eigenvalue weighted by atomic mass is 35.5. The van der Waals surface area contributed by atoms with Crippen molar-refractivity contribution in [2.24, 2.45) is 5.73 Å². The van der Waals surface area contributed by atoms with Crippen molar-refractivity contribution in [3.8, 4) is 16.9 Å². The molecule has 1 amide bonds. The summed E-state index contributed by atoms with van der Waals surface area (Å²) in [5.74, 6) is 0.773. The predicted molar refractivity (Wildman–Crippen MR) is 159 cm³/mol. The van der Waals surface area contributed by atoms with E-state index < -0.39 is 0 Å². The number of hydrogen-bond acceptors (Lipinski definition) is 4. The van der Waals surface area contributed by atoms with Crippen LogP contribution in [0.3, 0.4) is 0 Å². The molecule has 6 heteroatoms. The van der Waals surface area contributed by atoms with Crippen LogP contribution >= 0.6 is 22.9 Å². The fourth-order valence-electron chi connectivity index (χ4n) is 4.83. The molecule has 1 aromatic heterocycles. The molecule has 0 saturated heterocycles. The largest absolute Gasteiger partial charge is 0.496 e. The zero-order valence-electron chi connectivity index (χ0n) is 22.0. The molecule has 4 nitrogen and oxygen atoms in total. The van der Waals surface area contributed by atoms with Crippen molar-refractivity contribution < 1.29 is 9.53 Å². The van der Waals surface area contributed by atoms with Crippen LogP contribution in [-0.4, -0.2) is 31.0 Å². The molecule has 1 saturated carbocycles. The Labute approximate surface area is 230 Å². The van der Waals surface area contributed by atoms with Crippen LogP contribution in [0.5, 0.6) is 5.75 Å². The summed E-state index contributed by atoms with van der Waals surface area (Å²) < 4.78 is 5.72. The minimum atomic E-state index is -0.0158. The third-order valence-electron chi connectivity index (χ3n) is 6.63. The van der Waals surface area contributed by atoms with E-state index in [-0.39, 0.29) is 11.9 Å². The highest BCUT2D eigenvalue weighted by molar-refractivity contribution is 7.15. The van der Waals surface area contributed by atoms with Gasteiger partial charge in [0.25, 0.3) is 5.91 Å². The molecular formula is C31H37ClN2O2S. The first-order valence-electron chi connectivity index (χ1n) is 12.8. The Kier molecular flexibility index (Phi) is 11.0. The van der Waals surface area contributed by atoms with Crippen LogP contribution in [0.2, 0.25) is 5.02 Å². The van der Waals surface area contributed by atoms with E-state index in [9.17, 15) is 4.79 Å². The zero-order valence-corrected chi connectivity index (χ0v) is 23.6. The SMILES string of the molecule is C=Cc1c(/C=C\C)sc(C(=O)N(Cc2cc(-c3ccccc3)ccc2OC)C2CCCCC2)c1Cl.CN. The van der Waals surface area contributed by atoms with Gasteiger partial charge in [0.1, 0.15) is 10.6 Å². The summed E-state index contributed by atoms with van der Waals surface area (Å²) in [6, 6.07) is 16.7. The van der Waals surface area contributed by atoms with Gasteiger partial charge < -0.3 is 15.4 Å². The number of carbonyl (C=O) groups is 1. The van der Waals surface area contributed by atoms with Crippen molar-refractivity contribution in [2.45, 2.75) is 51.6 Å². The number of ether oxygens (including phenoxy) is 1. The van der Waals surface area contributed by atoms with E-state index in [0.717, 1.165) is 58.6 Å². The third-order valence-corrected chi connectivity index (χ3v) is 8.30. The van der Waals surface area contributed by atoms with Gasteiger partial charge in [-0.2, -0.15) is 0 Å². The van der Waals surface area contributed by atoms with Crippen molar-refractivity contribution in [3.05, 3.63) is 87.1 Å². The van der Waals surface area contributed by atoms with E-state index in [4.69, 9.17) is 16.3 Å². The van der Waals surface area contributed by atoms with Gasteiger partial charge in [-0.1, -0.05) is 86.0 Å². The fourth-order valence-corrected chi connectivity index (χ4v) is 6.38. The number of rotatable bonds is 8. The number of methoxy groups -OCH3 is 1. The molecule has 0 radical (unpaired) electrons. The lowest BCUT2D eigenvalue weighted by Gasteiger charge is -2.34. The molecule has 3 aromatic rings. The summed E-state index contributed by atoms with van der Waals surface area (Å²) in [5.41, 5.74) is 8.57. The van der Waals surface area contributed by atoms with Crippen LogP contribution in [0.1, 0.15) is 64.7 Å². The smallest absolute Gasteiger partial charge is 0.266 e. The summed E-state index contributed by atoms with van der Waals surface area (Å²) in [4.78, 5) is 17.6. The number of nitrogens with zero attached hydrogens (tertiary/aromatic N) is 1. The number of hydrogen-bond donors (Lipinski definition) is 1. The summed E-state index contributed by atoms with van der Waals surface area (Å²) >= 11 is 8.19. The van der Waals surface area contributed by atoms with Gasteiger partial charge in [0, 0.05) is 28.6 Å². The molecule has 196 valence electrons. The number of benzene rings is 2. The van der Waals surface area contributed by atoms with Crippen LogP contribution in [0.15, 0.2) is 61.2 Å². The summed E-state index contributed by atoms with van der Waals surface area (Å²) in [7, 11) is 3.18. The highest BCUT2D eigenvalue weighted by Crippen LogP contribution is 2.38. The van der Waals surface area contributed by atoms with Crippen molar-refractivity contribution in [1.29, 1.82) is 0 Å². The van der Waals surface area contributed by atoms with Crippen molar-refractivity contribution in [2.75, 3.05) is 14.2 Å². The van der Waals surface area contributed by atoms with Crippen molar-refractivity contribution in [1.82, 2.24) is 4.90 Å². The minimum Gasteiger partial charge on any atom is -0.496 e. The monoisotopic (exact) mass is 536 g/mol. The Hall–Kier alpha value is -2.86. The van der Waals surface area contributed by atoms with Gasteiger partial charge in [-0.05, 0) is 56.1 Å². The second-order valence-corrected chi connectivity index (χ2v) is 10.3. The van der Waals surface area contributed by atoms with Crippen LogP contribution in [-0.2, 0) is 6.54 Å². The van der Waals surface area contributed by atoms with Crippen LogP contribution in [0, 0.1) is 0 Å². The highest BCUT2D eigenvalue weighted by Gasteiger charge is 2.31. The third kappa shape index (κ3) is 6.72. The standard InChI is InChI=1S/C30H32ClNO2S.CH5N/c1-4-12-27-25(5-2)28(31)29(35-27)30(33)32(24-15-10-7-11-16-24)20-23-19-22(17-18-26(23)34-3)21-13-8-6-9-14-21;1-2/h4-6,8-9,12-14,17-19,24H,2,7,10-11,15-16,20H2,1,3H3;2H2,1H3/b12-4-;. The van der Waals surface area contributed by atoms with Gasteiger partial charge in [0.2, 0.25) is 0 Å². The lowest BCUT2D eigenvalue weighted by Crippen LogP contribution is -2.40. The average molecular weight is 537 g/mol. The molecule has 0 unspecified atom stereocenters. The fraction of sp³-hybridized carbons (Fsp3) is 0.323. The first-order chi connectivity index (χ1) is 18.1. The van der Waals surface area contributed by atoms with Gasteiger partial charge in [0.15, 0.2) is 0 Å². The van der Waals surface area contributed by atoms with E-state index in [1.54, 1.807) is 13.2 Å². The van der Waals surface area contributed by atoms with E-state index in [2.05, 4.69) is 36.6 Å². The normalized spacial score (nSPS) is 13.6. The minimum absolute atomic E-state index is 0.0158. The molecule has 1 aliphatic rings. The maximum Gasteiger partial charge on any atom is 0.266 e. The molecule has 0 aliphatic heterocycles. The molecule has 4 rings (SSSR count). The van der Waals surface area contributed by atoms with Crippen LogP contribution < -0.4 is 10.5 Å². The molecule has 2 N–H and O–H groups in total. The first-order valence-corrected chi connectivity index (χ1v) is 13.9. The van der Waals surface area contributed by atoms with Gasteiger partial charge in [-0.3, -0.25) is 4.79 Å². The molecule has 1 heterocycles. The van der Waals surface area contributed by atoms with E-state index in [1.807, 2.05) is 48.2 Å². The van der Waals surface area contributed by atoms with E-state index >= 15 is 0 Å². The number of halogens is 1. The molecule has 0 spiro atoms. The van der Waals surface area contributed by atoms with Crippen LogP contribution in [0.4, 0.5) is 0 Å². The maximum atomic E-state index is 14.1. The maximum absolute atomic E-state index is 14.1. The summed E-state index contributed by atoms with van der Waals surface area (Å²) in [5, 5.41) is 0.494. The first kappa shape index (κ1) is 28.7. The zero-order chi connectivity index (χ0) is 26.8. The Balaban J connectivity index is 0.00000186. The molecule has 1 fully saturated rings. The number of nitrogens with two attached hydrogens (primary N) is 1. The Bertz CT molecular complexity index is 1210. The topological polar surface area (TPSA) is 55.6 Å². The van der Waals surface area contributed by atoms with Crippen molar-refractivity contribution in [3.63, 3.8) is 0 Å². The lowest BCUT2D eigenvalue weighted by molar-refractivity contribution is 0.0618. The predicted octanol–water partition coefficient (Wildman–Crippen LogP) is 8.30. The van der Waals surface area contributed by atoms with Gasteiger partial charge in [0.05, 0.1) is 12.1 Å². The number of allylic oxidation sites excluding steroid dienone is 1. The van der Waals surface area contributed by atoms with E-state index in [1.165, 1.54) is 24.8 Å². The molecule has 1 aliphatic carbocycles. The molecule has 2 aromatic carbocycles. The number of carbonyl (C=O) groups excluding carboxylic acids is 1. The van der Waals surface area contributed by atoms with Gasteiger partial charge in [-0.25, -0.2) is 0 Å². The number of thiophene rings is 1. The second-order valence-electron chi connectivity index (χ2n) is 8.84. The Morgan fingerprint density at radius 2 is 1.84 bits per heavy atom. The quantitative estimate of drug-likeness (QED) is 0.315. The Morgan fingerprint density at radius 1 is 1.14 bits per heavy atom. The summed E-state index contributed by atoms with van der Waals surface area (Å²) in [6.07, 6.45) is 11.2. The second kappa shape index (κ2) is 14.2.